The second-order valence-electron chi connectivity index (χ2n) is 8.85. The summed E-state index contributed by atoms with van der Waals surface area (Å²) in [5.41, 5.74) is 6.44. The van der Waals surface area contributed by atoms with Crippen molar-refractivity contribution < 1.29 is 9.18 Å². The average Bonchev–Trinajstić information content (AvgIpc) is 2.87. The van der Waals surface area contributed by atoms with Crippen molar-refractivity contribution in [3.05, 3.63) is 92.4 Å². The number of halogens is 1. The van der Waals surface area contributed by atoms with Crippen molar-refractivity contribution in [2.45, 2.75) is 20.0 Å². The highest BCUT2D eigenvalue weighted by Gasteiger charge is 2.26. The molecule has 2 aromatic carbocycles. The number of benzene rings is 2. The molecule has 2 heterocycles. The maximum atomic E-state index is 14.0. The number of amides is 1. The number of anilines is 2. The zero-order valence-corrected chi connectivity index (χ0v) is 20.3. The van der Waals surface area contributed by atoms with Crippen molar-refractivity contribution in [1.29, 1.82) is 0 Å². The fourth-order valence-electron chi connectivity index (χ4n) is 4.47. The molecule has 0 atom stereocenters. The van der Waals surface area contributed by atoms with Crippen LogP contribution in [0, 0.1) is 5.82 Å². The second kappa shape index (κ2) is 11.3. The maximum Gasteiger partial charge on any atom is 0.330 e. The molecule has 1 amide bonds. The van der Waals surface area contributed by atoms with Crippen LogP contribution in [0.15, 0.2) is 64.2 Å². The highest BCUT2D eigenvalue weighted by molar-refractivity contribution is 5.96. The lowest BCUT2D eigenvalue weighted by Gasteiger charge is -2.35. The van der Waals surface area contributed by atoms with E-state index in [9.17, 15) is 18.8 Å². The molecule has 36 heavy (non-hydrogen) atoms. The average molecular weight is 495 g/mol. The largest absolute Gasteiger partial charge is 0.383 e. The number of piperazine rings is 1. The van der Waals surface area contributed by atoms with Crippen LogP contribution in [-0.4, -0.2) is 64.5 Å². The van der Waals surface area contributed by atoms with Crippen molar-refractivity contribution >= 4 is 17.4 Å². The monoisotopic (exact) mass is 494 g/mol. The predicted molar refractivity (Wildman–Crippen MR) is 137 cm³/mol. The fourth-order valence-corrected chi connectivity index (χ4v) is 4.47. The summed E-state index contributed by atoms with van der Waals surface area (Å²) in [5.74, 6) is -0.537. The third kappa shape index (κ3) is 5.72. The molecular formula is C26H31FN6O3. The number of hydrogen-bond donors (Lipinski definition) is 2. The summed E-state index contributed by atoms with van der Waals surface area (Å²) in [6.07, 6.45) is 0. The third-order valence-electron chi connectivity index (χ3n) is 6.46. The number of nitrogens with two attached hydrogens (primary N) is 1. The van der Waals surface area contributed by atoms with E-state index in [1.165, 1.54) is 15.5 Å². The maximum absolute atomic E-state index is 14.0. The van der Waals surface area contributed by atoms with Gasteiger partial charge in [-0.15, -0.1) is 0 Å². The van der Waals surface area contributed by atoms with E-state index in [2.05, 4.69) is 9.88 Å². The number of rotatable bonds is 8. The van der Waals surface area contributed by atoms with Crippen LogP contribution in [0.1, 0.15) is 18.1 Å². The molecule has 4 rings (SSSR count). The number of nitrogens with one attached hydrogen (secondary N) is 1. The Hall–Kier alpha value is -3.76. The van der Waals surface area contributed by atoms with Crippen LogP contribution in [0.4, 0.5) is 15.9 Å². The summed E-state index contributed by atoms with van der Waals surface area (Å²) in [5, 5.41) is 0. The molecule has 3 aromatic rings. The summed E-state index contributed by atoms with van der Waals surface area (Å²) in [7, 11) is 0. The van der Waals surface area contributed by atoms with Crippen LogP contribution in [0.5, 0.6) is 0 Å². The van der Waals surface area contributed by atoms with Crippen LogP contribution in [0.2, 0.25) is 0 Å². The van der Waals surface area contributed by atoms with E-state index in [4.69, 9.17) is 5.73 Å². The highest BCUT2D eigenvalue weighted by Crippen LogP contribution is 2.19. The molecule has 10 heteroatoms. The van der Waals surface area contributed by atoms with Gasteiger partial charge in [-0.25, -0.2) is 9.18 Å². The fraction of sp³-hybridized carbons (Fsp3) is 0.346. The van der Waals surface area contributed by atoms with Crippen LogP contribution in [-0.2, 0) is 17.9 Å². The molecule has 9 nitrogen and oxygen atoms in total. The van der Waals surface area contributed by atoms with Crippen LogP contribution >= 0.6 is 0 Å². The molecule has 0 aliphatic carbocycles. The quantitative estimate of drug-likeness (QED) is 0.491. The topological polar surface area (TPSA) is 108 Å². The summed E-state index contributed by atoms with van der Waals surface area (Å²) in [4.78, 5) is 46.2. The number of carbonyl (C=O) groups excluding carboxylic acids is 1. The van der Waals surface area contributed by atoms with Gasteiger partial charge in [0, 0.05) is 44.8 Å². The van der Waals surface area contributed by atoms with Gasteiger partial charge >= 0.3 is 5.69 Å². The molecule has 0 saturated carbocycles. The summed E-state index contributed by atoms with van der Waals surface area (Å²) in [6.45, 7) is 5.44. The molecular weight excluding hydrogens is 463 g/mol. The normalized spacial score (nSPS) is 14.6. The minimum absolute atomic E-state index is 0.0174. The first-order valence-electron chi connectivity index (χ1n) is 12.0. The van der Waals surface area contributed by atoms with Gasteiger partial charge in [-0.05, 0) is 18.6 Å². The molecule has 3 N–H and O–H groups in total. The molecule has 1 fully saturated rings. The Kier molecular flexibility index (Phi) is 7.97. The van der Waals surface area contributed by atoms with Gasteiger partial charge in [-0.2, -0.15) is 0 Å². The van der Waals surface area contributed by atoms with Gasteiger partial charge in [0.1, 0.15) is 11.6 Å². The van der Waals surface area contributed by atoms with Crippen molar-refractivity contribution in [3.63, 3.8) is 0 Å². The SMILES string of the molecule is CCN(C(=O)CN1CCN(Cc2ccccc2F)CC1)c1c(N)n(Cc2ccccc2)c(=O)[nH]c1=O. The zero-order valence-electron chi connectivity index (χ0n) is 20.3. The number of aromatic amines is 1. The molecule has 0 bridgehead atoms. The number of H-pyrrole nitrogens is 1. The Balaban J connectivity index is 1.44. The van der Waals surface area contributed by atoms with E-state index in [-0.39, 0.29) is 42.9 Å². The zero-order chi connectivity index (χ0) is 25.7. The number of hydrogen-bond acceptors (Lipinski definition) is 6. The highest BCUT2D eigenvalue weighted by atomic mass is 19.1. The van der Waals surface area contributed by atoms with Crippen LogP contribution in [0.3, 0.4) is 0 Å². The molecule has 0 spiro atoms. The number of nitrogens with zero attached hydrogens (tertiary/aromatic N) is 4. The lowest BCUT2D eigenvalue weighted by molar-refractivity contribution is -0.120. The molecule has 1 saturated heterocycles. The Labute approximate surface area is 208 Å². The first-order valence-corrected chi connectivity index (χ1v) is 12.0. The molecule has 1 aliphatic rings. The van der Waals surface area contributed by atoms with Crippen molar-refractivity contribution in [3.8, 4) is 0 Å². The van der Waals surface area contributed by atoms with E-state index in [0.29, 0.717) is 38.3 Å². The molecule has 190 valence electrons. The Morgan fingerprint density at radius 2 is 1.61 bits per heavy atom. The van der Waals surface area contributed by atoms with Gasteiger partial charge in [0.15, 0.2) is 5.69 Å². The van der Waals surface area contributed by atoms with Gasteiger partial charge in [-0.3, -0.25) is 28.9 Å². The Morgan fingerprint density at radius 1 is 0.972 bits per heavy atom. The van der Waals surface area contributed by atoms with E-state index >= 15 is 0 Å². The summed E-state index contributed by atoms with van der Waals surface area (Å²) < 4.78 is 15.2. The Bertz CT molecular complexity index is 1320. The van der Waals surface area contributed by atoms with Gasteiger partial charge < -0.3 is 10.6 Å². The van der Waals surface area contributed by atoms with Crippen molar-refractivity contribution in [2.75, 3.05) is 49.9 Å². The summed E-state index contributed by atoms with van der Waals surface area (Å²) in [6, 6.07) is 16.0. The molecule has 0 unspecified atom stereocenters. The van der Waals surface area contributed by atoms with Gasteiger partial charge in [0.2, 0.25) is 5.91 Å². The van der Waals surface area contributed by atoms with Crippen molar-refractivity contribution in [1.82, 2.24) is 19.4 Å². The lowest BCUT2D eigenvalue weighted by atomic mass is 10.2. The molecule has 0 radical (unpaired) electrons. The van der Waals surface area contributed by atoms with Crippen molar-refractivity contribution in [2.24, 2.45) is 0 Å². The molecule has 1 aromatic heterocycles. The number of aromatic nitrogens is 2. The predicted octanol–water partition coefficient (Wildman–Crippen LogP) is 1.48. The Morgan fingerprint density at radius 3 is 2.28 bits per heavy atom. The number of nitrogen functional groups attached to an aromatic ring is 1. The van der Waals surface area contributed by atoms with Gasteiger partial charge in [0.25, 0.3) is 5.56 Å². The van der Waals surface area contributed by atoms with E-state index in [1.807, 2.05) is 41.3 Å². The lowest BCUT2D eigenvalue weighted by Crippen LogP contribution is -2.51. The smallest absolute Gasteiger partial charge is 0.330 e. The summed E-state index contributed by atoms with van der Waals surface area (Å²) >= 11 is 0. The van der Waals surface area contributed by atoms with Crippen LogP contribution in [0.25, 0.3) is 0 Å². The van der Waals surface area contributed by atoms with Gasteiger partial charge in [0.05, 0.1) is 13.1 Å². The first-order chi connectivity index (χ1) is 17.4. The first kappa shape index (κ1) is 25.3. The van der Waals surface area contributed by atoms with Crippen LogP contribution < -0.4 is 21.9 Å². The minimum Gasteiger partial charge on any atom is -0.383 e. The molecule has 1 aliphatic heterocycles. The minimum atomic E-state index is -0.688. The third-order valence-corrected chi connectivity index (χ3v) is 6.46. The van der Waals surface area contributed by atoms with E-state index < -0.39 is 11.2 Å². The standard InChI is InChI=1S/C26H31FN6O3/c1-2-32(23-24(28)33(26(36)29-25(23)35)16-19-8-4-3-5-9-19)22(34)18-31-14-12-30(13-15-31)17-20-10-6-7-11-21(20)27/h3-11H,2,12-18,28H2,1H3,(H,29,35,36). The van der Waals surface area contributed by atoms with E-state index in [1.54, 1.807) is 19.1 Å². The second-order valence-corrected chi connectivity index (χ2v) is 8.85. The number of carbonyl (C=O) groups is 1. The number of likely N-dealkylation sites (N-methyl/N-ethyl adjacent to an activating group) is 1. The van der Waals surface area contributed by atoms with E-state index in [0.717, 1.165) is 5.56 Å². The van der Waals surface area contributed by atoms with Gasteiger partial charge in [-0.1, -0.05) is 48.5 Å².